The first kappa shape index (κ1) is 12.5. The van der Waals surface area contributed by atoms with E-state index in [0.717, 1.165) is 17.7 Å². The number of carbonyl (C=O) groups is 1. The number of H-pyrrole nitrogens is 1. The Morgan fingerprint density at radius 3 is 3.30 bits per heavy atom. The second-order valence-electron chi connectivity index (χ2n) is 4.54. The fourth-order valence-corrected chi connectivity index (χ4v) is 2.24. The molecule has 0 atom stereocenters. The number of pyridine rings is 1. The summed E-state index contributed by atoms with van der Waals surface area (Å²) < 4.78 is 5.12. The molecule has 1 aliphatic heterocycles. The van der Waals surface area contributed by atoms with E-state index in [9.17, 15) is 4.79 Å². The average molecular weight is 273 g/mol. The zero-order valence-electron chi connectivity index (χ0n) is 11.1. The van der Waals surface area contributed by atoms with E-state index in [2.05, 4.69) is 20.5 Å². The molecule has 7 heteroatoms. The molecule has 0 aromatic carbocycles. The minimum Gasteiger partial charge on any atom is -0.480 e. The number of carbonyl (C=O) groups excluding carboxylic acids is 1. The van der Waals surface area contributed by atoms with Crippen LogP contribution in [-0.2, 0) is 13.0 Å². The first-order valence-corrected chi connectivity index (χ1v) is 6.34. The summed E-state index contributed by atoms with van der Waals surface area (Å²) >= 11 is 0. The highest BCUT2D eigenvalue weighted by atomic mass is 16.5. The number of hydrogen-bond donors (Lipinski definition) is 2. The molecule has 0 saturated carbocycles. The zero-order chi connectivity index (χ0) is 13.9. The van der Waals surface area contributed by atoms with Gasteiger partial charge in [0.05, 0.1) is 19.9 Å². The van der Waals surface area contributed by atoms with Crippen LogP contribution in [0.1, 0.15) is 11.3 Å². The molecular formula is C13H15N5O2. The highest BCUT2D eigenvalue weighted by Crippen LogP contribution is 2.22. The van der Waals surface area contributed by atoms with E-state index in [1.165, 1.54) is 7.11 Å². The van der Waals surface area contributed by atoms with Gasteiger partial charge in [-0.25, -0.2) is 9.78 Å². The SMILES string of the molecule is COc1ncccc1NC(=O)N1CCc2[nH]ncc2C1. The lowest BCUT2D eigenvalue weighted by Gasteiger charge is -2.26. The van der Waals surface area contributed by atoms with Crippen LogP contribution in [0, 0.1) is 0 Å². The number of nitrogens with zero attached hydrogens (tertiary/aromatic N) is 3. The van der Waals surface area contributed by atoms with Gasteiger partial charge in [-0.15, -0.1) is 0 Å². The van der Waals surface area contributed by atoms with Gasteiger partial charge < -0.3 is 15.0 Å². The van der Waals surface area contributed by atoms with Crippen LogP contribution in [0.3, 0.4) is 0 Å². The summed E-state index contributed by atoms with van der Waals surface area (Å²) in [6.45, 7) is 1.21. The molecule has 2 aromatic rings. The van der Waals surface area contributed by atoms with Crippen molar-refractivity contribution in [2.45, 2.75) is 13.0 Å². The summed E-state index contributed by atoms with van der Waals surface area (Å²) in [5.41, 5.74) is 2.73. The van der Waals surface area contributed by atoms with Crippen LogP contribution < -0.4 is 10.1 Å². The van der Waals surface area contributed by atoms with Gasteiger partial charge in [0.1, 0.15) is 5.69 Å². The number of rotatable bonds is 2. The topological polar surface area (TPSA) is 83.1 Å². The van der Waals surface area contributed by atoms with E-state index >= 15 is 0 Å². The molecule has 0 spiro atoms. The number of hydrogen-bond acceptors (Lipinski definition) is 4. The Balaban J connectivity index is 1.71. The number of ether oxygens (including phenoxy) is 1. The molecule has 0 radical (unpaired) electrons. The minimum absolute atomic E-state index is 0.164. The lowest BCUT2D eigenvalue weighted by atomic mass is 10.1. The van der Waals surface area contributed by atoms with Gasteiger partial charge in [0.2, 0.25) is 5.88 Å². The van der Waals surface area contributed by atoms with Gasteiger partial charge in [-0.2, -0.15) is 5.10 Å². The Morgan fingerprint density at radius 2 is 2.45 bits per heavy atom. The smallest absolute Gasteiger partial charge is 0.322 e. The van der Waals surface area contributed by atoms with E-state index in [1.54, 1.807) is 29.4 Å². The standard InChI is InChI=1S/C13H15N5O2/c1-20-12-11(3-2-5-14-12)16-13(19)18-6-4-10-9(8-18)7-15-17-10/h2-3,5,7H,4,6,8H2,1H3,(H,15,17)(H,16,19). The van der Waals surface area contributed by atoms with Gasteiger partial charge >= 0.3 is 6.03 Å². The molecule has 2 amide bonds. The van der Waals surface area contributed by atoms with Crippen LogP contribution in [0.25, 0.3) is 0 Å². The quantitative estimate of drug-likeness (QED) is 0.866. The first-order chi connectivity index (χ1) is 9.78. The third-order valence-electron chi connectivity index (χ3n) is 3.29. The molecule has 0 saturated heterocycles. The number of nitrogens with one attached hydrogen (secondary N) is 2. The Kier molecular flexibility index (Phi) is 3.24. The van der Waals surface area contributed by atoms with Crippen molar-refractivity contribution in [2.75, 3.05) is 19.0 Å². The van der Waals surface area contributed by atoms with E-state index < -0.39 is 0 Å². The molecule has 0 unspecified atom stereocenters. The van der Waals surface area contributed by atoms with E-state index in [-0.39, 0.29) is 6.03 Å². The van der Waals surface area contributed by atoms with Crippen molar-refractivity contribution in [3.05, 3.63) is 35.8 Å². The van der Waals surface area contributed by atoms with Gasteiger partial charge in [0, 0.05) is 30.4 Å². The Labute approximate surface area is 116 Å². The Hall–Kier alpha value is -2.57. The average Bonchev–Trinajstić information content (AvgIpc) is 2.95. The Morgan fingerprint density at radius 1 is 1.55 bits per heavy atom. The summed E-state index contributed by atoms with van der Waals surface area (Å²) in [4.78, 5) is 18.1. The second kappa shape index (κ2) is 5.20. The van der Waals surface area contributed by atoms with Crippen LogP contribution in [0.4, 0.5) is 10.5 Å². The maximum atomic E-state index is 12.3. The number of anilines is 1. The summed E-state index contributed by atoms with van der Waals surface area (Å²) in [6, 6.07) is 3.35. The fraction of sp³-hybridized carbons (Fsp3) is 0.308. The lowest BCUT2D eigenvalue weighted by Crippen LogP contribution is -2.38. The largest absolute Gasteiger partial charge is 0.480 e. The molecular weight excluding hydrogens is 258 g/mol. The third-order valence-corrected chi connectivity index (χ3v) is 3.29. The van der Waals surface area contributed by atoms with Crippen LogP contribution in [0.2, 0.25) is 0 Å². The van der Waals surface area contributed by atoms with Crippen molar-refractivity contribution in [1.82, 2.24) is 20.1 Å². The lowest BCUT2D eigenvalue weighted by molar-refractivity contribution is 0.206. The summed E-state index contributed by atoms with van der Waals surface area (Å²) in [5, 5.41) is 9.77. The molecule has 0 bridgehead atoms. The summed E-state index contributed by atoms with van der Waals surface area (Å²) in [5.74, 6) is 0.404. The van der Waals surface area contributed by atoms with Gasteiger partial charge in [0.25, 0.3) is 0 Å². The number of aromatic amines is 1. The Bertz CT molecular complexity index is 625. The molecule has 2 aromatic heterocycles. The van der Waals surface area contributed by atoms with Crippen LogP contribution in [-0.4, -0.2) is 39.8 Å². The molecule has 3 rings (SSSR count). The van der Waals surface area contributed by atoms with Gasteiger partial charge in [0.15, 0.2) is 0 Å². The van der Waals surface area contributed by atoms with Gasteiger partial charge in [-0.05, 0) is 12.1 Å². The normalized spacial score (nSPS) is 13.8. The van der Waals surface area contributed by atoms with E-state index in [4.69, 9.17) is 4.74 Å². The van der Waals surface area contributed by atoms with Crippen molar-refractivity contribution in [3.8, 4) is 5.88 Å². The molecule has 2 N–H and O–H groups in total. The predicted molar refractivity (Wildman–Crippen MR) is 72.5 cm³/mol. The zero-order valence-corrected chi connectivity index (χ0v) is 11.1. The summed E-state index contributed by atoms with van der Waals surface area (Å²) in [7, 11) is 1.52. The van der Waals surface area contributed by atoms with Gasteiger partial charge in [-0.1, -0.05) is 0 Å². The maximum Gasteiger partial charge on any atom is 0.322 e. The second-order valence-corrected chi connectivity index (χ2v) is 4.54. The monoisotopic (exact) mass is 273 g/mol. The van der Waals surface area contributed by atoms with Crippen molar-refractivity contribution in [1.29, 1.82) is 0 Å². The first-order valence-electron chi connectivity index (χ1n) is 6.34. The van der Waals surface area contributed by atoms with E-state index in [0.29, 0.717) is 24.7 Å². The van der Waals surface area contributed by atoms with Crippen LogP contribution >= 0.6 is 0 Å². The molecule has 0 aliphatic carbocycles. The molecule has 0 fully saturated rings. The number of fused-ring (bicyclic) bond motifs is 1. The van der Waals surface area contributed by atoms with Crippen molar-refractivity contribution < 1.29 is 9.53 Å². The minimum atomic E-state index is -0.164. The predicted octanol–water partition coefficient (Wildman–Crippen LogP) is 1.40. The molecule has 20 heavy (non-hydrogen) atoms. The van der Waals surface area contributed by atoms with Crippen molar-refractivity contribution in [2.24, 2.45) is 0 Å². The fourth-order valence-electron chi connectivity index (χ4n) is 2.24. The number of methoxy groups -OCH3 is 1. The summed E-state index contributed by atoms with van der Waals surface area (Å²) in [6.07, 6.45) is 4.17. The highest BCUT2D eigenvalue weighted by molar-refractivity contribution is 5.90. The van der Waals surface area contributed by atoms with Crippen molar-refractivity contribution >= 4 is 11.7 Å². The van der Waals surface area contributed by atoms with Crippen molar-refractivity contribution in [3.63, 3.8) is 0 Å². The number of urea groups is 1. The number of amides is 2. The number of aromatic nitrogens is 3. The highest BCUT2D eigenvalue weighted by Gasteiger charge is 2.22. The third kappa shape index (κ3) is 2.29. The molecule has 1 aliphatic rings. The molecule has 3 heterocycles. The van der Waals surface area contributed by atoms with Crippen LogP contribution in [0.5, 0.6) is 5.88 Å². The molecule has 7 nitrogen and oxygen atoms in total. The van der Waals surface area contributed by atoms with Gasteiger partial charge in [-0.3, -0.25) is 5.10 Å². The molecule has 104 valence electrons. The van der Waals surface area contributed by atoms with Crippen LogP contribution in [0.15, 0.2) is 24.5 Å². The maximum absolute atomic E-state index is 12.3. The van der Waals surface area contributed by atoms with E-state index in [1.807, 2.05) is 0 Å².